The fourth-order valence-corrected chi connectivity index (χ4v) is 8.36. The van der Waals surface area contributed by atoms with Crippen LogP contribution in [-0.4, -0.2) is 21.4 Å². The summed E-state index contributed by atoms with van der Waals surface area (Å²) in [5, 5.41) is 0.323. The van der Waals surface area contributed by atoms with Crippen LogP contribution >= 0.6 is 0 Å². The van der Waals surface area contributed by atoms with Crippen molar-refractivity contribution in [3.8, 4) is 5.75 Å². The first-order valence-corrected chi connectivity index (χ1v) is 18.0. The third-order valence-corrected chi connectivity index (χ3v) is 11.2. The van der Waals surface area contributed by atoms with E-state index in [4.69, 9.17) is 4.18 Å². The summed E-state index contributed by atoms with van der Waals surface area (Å²) in [6, 6.07) is 44.9. The van der Waals surface area contributed by atoms with Crippen molar-refractivity contribution < 1.29 is 25.6 Å². The summed E-state index contributed by atoms with van der Waals surface area (Å²) in [7, 11) is -9.01. The smallest absolute Gasteiger partial charge is 0.339 e. The van der Waals surface area contributed by atoms with Crippen molar-refractivity contribution >= 4 is 41.9 Å². The fraction of sp³-hybridized carbons (Fsp3) is 0.0556. The lowest BCUT2D eigenvalue weighted by Crippen LogP contribution is -2.11. The zero-order chi connectivity index (χ0) is 32.0. The molecule has 0 N–H and O–H groups in total. The minimum absolute atomic E-state index is 0.0229. The highest BCUT2D eigenvalue weighted by Gasteiger charge is 2.27. The Bertz CT molecular complexity index is 2070. The van der Waals surface area contributed by atoms with Gasteiger partial charge in [0.2, 0.25) is 0 Å². The van der Waals surface area contributed by atoms with E-state index in [1.807, 2.05) is 6.92 Å². The summed E-state index contributed by atoms with van der Waals surface area (Å²) in [4.78, 5) is 3.50. The van der Waals surface area contributed by atoms with E-state index < -0.39 is 25.1 Å². The second-order valence-electron chi connectivity index (χ2n) is 10.2. The van der Waals surface area contributed by atoms with Gasteiger partial charge in [0, 0.05) is 5.39 Å². The largest absolute Gasteiger partial charge is 0.744 e. The Morgan fingerprint density at radius 2 is 1.00 bits per heavy atom. The monoisotopic (exact) mass is 654 g/mol. The first-order chi connectivity index (χ1) is 21.5. The molecule has 6 aromatic rings. The molecule has 0 radical (unpaired) electrons. The maximum atomic E-state index is 12.5. The van der Waals surface area contributed by atoms with Crippen LogP contribution in [0.5, 0.6) is 5.75 Å². The summed E-state index contributed by atoms with van der Waals surface area (Å²) < 4.78 is 64.6. The molecule has 0 fully saturated rings. The minimum atomic E-state index is -4.80. The molecule has 0 amide bonds. The van der Waals surface area contributed by atoms with Gasteiger partial charge in [-0.2, -0.15) is 8.42 Å². The van der Waals surface area contributed by atoms with E-state index in [1.165, 1.54) is 50.6 Å². The molecule has 0 aromatic heterocycles. The molecule has 0 aliphatic carbocycles. The van der Waals surface area contributed by atoms with Crippen molar-refractivity contribution in [2.75, 3.05) is 0 Å². The first kappa shape index (κ1) is 32.0. The molecule has 0 unspecified atom stereocenters. The van der Waals surface area contributed by atoms with Crippen LogP contribution in [0, 0.1) is 13.8 Å². The average molecular weight is 655 g/mol. The molecule has 9 heteroatoms. The number of rotatable bonds is 7. The molecule has 0 heterocycles. The molecule has 0 saturated heterocycles. The molecule has 6 nitrogen and oxygen atoms in total. The highest BCUT2D eigenvalue weighted by atomic mass is 32.2. The van der Waals surface area contributed by atoms with Crippen molar-refractivity contribution in [2.24, 2.45) is 0 Å². The minimum Gasteiger partial charge on any atom is -0.744 e. The molecule has 0 aliphatic heterocycles. The molecule has 0 atom stereocenters. The fourth-order valence-electron chi connectivity index (χ4n) is 4.62. The number of hydrogen-bond donors (Lipinski definition) is 0. The molecule has 6 aromatic carbocycles. The molecule has 0 spiro atoms. The van der Waals surface area contributed by atoms with Crippen LogP contribution in [0.1, 0.15) is 11.1 Å². The van der Waals surface area contributed by atoms with Crippen LogP contribution in [0.25, 0.3) is 10.8 Å². The van der Waals surface area contributed by atoms with Gasteiger partial charge in [-0.15, -0.1) is 0 Å². The Balaban J connectivity index is 0.000000182. The summed E-state index contributed by atoms with van der Waals surface area (Å²) in [6.45, 7) is 3.94. The Morgan fingerprint density at radius 1 is 0.533 bits per heavy atom. The van der Waals surface area contributed by atoms with Crippen molar-refractivity contribution in [2.45, 2.75) is 38.3 Å². The molecular formula is C36H30O6S3. The summed E-state index contributed by atoms with van der Waals surface area (Å²) in [5.41, 5.74) is 2.18. The lowest BCUT2D eigenvalue weighted by atomic mass is 10.1. The lowest BCUT2D eigenvalue weighted by Gasteiger charge is -2.14. The topological polar surface area (TPSA) is 101 Å². The van der Waals surface area contributed by atoms with Gasteiger partial charge in [-0.1, -0.05) is 96.1 Å². The van der Waals surface area contributed by atoms with Gasteiger partial charge < -0.3 is 8.74 Å². The third kappa shape index (κ3) is 7.82. The molecule has 0 bridgehead atoms. The quantitative estimate of drug-likeness (QED) is 0.0985. The molecular weight excluding hydrogens is 625 g/mol. The van der Waals surface area contributed by atoms with Gasteiger partial charge in [-0.05, 0) is 79.9 Å². The third-order valence-electron chi connectivity index (χ3n) is 6.82. The summed E-state index contributed by atoms with van der Waals surface area (Å²) in [6.07, 6.45) is 0. The highest BCUT2D eigenvalue weighted by molar-refractivity contribution is 7.97. The van der Waals surface area contributed by atoms with Gasteiger partial charge in [0.1, 0.15) is 15.0 Å². The maximum absolute atomic E-state index is 12.5. The normalized spacial score (nSPS) is 11.6. The number of aryl methyl sites for hydroxylation is 2. The molecule has 45 heavy (non-hydrogen) atoms. The van der Waals surface area contributed by atoms with E-state index in [0.29, 0.717) is 5.39 Å². The Kier molecular flexibility index (Phi) is 9.74. The Labute approximate surface area is 267 Å². The maximum Gasteiger partial charge on any atom is 0.339 e. The van der Waals surface area contributed by atoms with E-state index in [0.717, 1.165) is 11.6 Å². The molecule has 0 saturated carbocycles. The van der Waals surface area contributed by atoms with E-state index >= 15 is 0 Å². The van der Waals surface area contributed by atoms with Crippen LogP contribution in [0.3, 0.4) is 0 Å². The summed E-state index contributed by atoms with van der Waals surface area (Å²) in [5.74, 6) is -0.215. The zero-order valence-corrected chi connectivity index (χ0v) is 27.0. The van der Waals surface area contributed by atoms with Gasteiger partial charge >= 0.3 is 10.1 Å². The highest BCUT2D eigenvalue weighted by Crippen LogP contribution is 2.34. The van der Waals surface area contributed by atoms with E-state index in [1.54, 1.807) is 24.3 Å². The van der Waals surface area contributed by atoms with Crippen molar-refractivity contribution in [3.63, 3.8) is 0 Å². The predicted octanol–water partition coefficient (Wildman–Crippen LogP) is 7.91. The zero-order valence-electron chi connectivity index (χ0n) is 24.5. The van der Waals surface area contributed by atoms with Gasteiger partial charge in [0.25, 0.3) is 0 Å². The van der Waals surface area contributed by atoms with E-state index in [-0.39, 0.29) is 26.9 Å². The second kappa shape index (κ2) is 13.7. The molecule has 6 rings (SSSR count). The Hall–Kier alpha value is -4.41. The van der Waals surface area contributed by atoms with Crippen molar-refractivity contribution in [1.82, 2.24) is 0 Å². The first-order valence-electron chi connectivity index (χ1n) is 13.9. The van der Waals surface area contributed by atoms with Gasteiger partial charge in [-0.3, -0.25) is 0 Å². The SMILES string of the molecule is Cc1ccc(S(=O)(=O)Oc2cccc3cccc(S(=O)(=O)[O-])c23)cc1.Cc1ccc([S+](c2ccccc2)c2ccccc2)cc1. The molecule has 0 aliphatic rings. The van der Waals surface area contributed by atoms with Crippen LogP contribution < -0.4 is 4.18 Å². The van der Waals surface area contributed by atoms with Crippen LogP contribution in [0.15, 0.2) is 170 Å². The van der Waals surface area contributed by atoms with Crippen molar-refractivity contribution in [1.29, 1.82) is 0 Å². The number of benzene rings is 6. The lowest BCUT2D eigenvalue weighted by molar-refractivity contribution is 0.462. The standard InChI is InChI=1S/C19H17S.C17H14O6S2/c1-16-12-14-19(15-13-16)20(17-8-4-2-5-9-17)18-10-6-3-7-11-18;1-12-8-10-14(11-9-12)25(21,22)23-15-6-2-4-13-5-3-7-16(17(13)15)24(18,19)20/h2-15H,1H3;2-11H,1H3,(H,18,19,20)/q+1;/p-1. The van der Waals surface area contributed by atoms with Crippen LogP contribution in [0.2, 0.25) is 0 Å². The Morgan fingerprint density at radius 3 is 1.51 bits per heavy atom. The average Bonchev–Trinajstić information content (AvgIpc) is 3.03. The summed E-state index contributed by atoms with van der Waals surface area (Å²) >= 11 is 0. The van der Waals surface area contributed by atoms with Crippen LogP contribution in [-0.2, 0) is 31.1 Å². The van der Waals surface area contributed by atoms with Crippen LogP contribution in [0.4, 0.5) is 0 Å². The second-order valence-corrected chi connectivity index (χ2v) is 15.1. The predicted molar refractivity (Wildman–Crippen MR) is 177 cm³/mol. The van der Waals surface area contributed by atoms with E-state index in [2.05, 4.69) is 91.9 Å². The molecule has 228 valence electrons. The van der Waals surface area contributed by atoms with E-state index in [9.17, 15) is 21.4 Å². The number of hydrogen-bond acceptors (Lipinski definition) is 6. The van der Waals surface area contributed by atoms with Crippen molar-refractivity contribution in [3.05, 3.63) is 157 Å². The van der Waals surface area contributed by atoms with Gasteiger partial charge in [0.15, 0.2) is 20.4 Å². The van der Waals surface area contributed by atoms with Gasteiger partial charge in [0.05, 0.1) is 15.8 Å². The van der Waals surface area contributed by atoms with Gasteiger partial charge in [-0.25, -0.2) is 8.42 Å². The number of fused-ring (bicyclic) bond motifs is 1.